The number of nitrogens with one attached hydrogen (secondary N) is 1. The van der Waals surface area contributed by atoms with Crippen LogP contribution in [0.5, 0.6) is 0 Å². The van der Waals surface area contributed by atoms with E-state index in [1.807, 2.05) is 0 Å². The van der Waals surface area contributed by atoms with Crippen molar-refractivity contribution in [3.05, 3.63) is 27.0 Å². The molecule has 0 aliphatic heterocycles. The van der Waals surface area contributed by atoms with Crippen molar-refractivity contribution >= 4 is 33.3 Å². The Labute approximate surface area is 130 Å². The van der Waals surface area contributed by atoms with Crippen molar-refractivity contribution in [1.82, 2.24) is 4.98 Å². The minimum Gasteiger partial charge on any atom is -0.481 e. The molecule has 1 aromatic heterocycles. The van der Waals surface area contributed by atoms with Crippen molar-refractivity contribution in [2.75, 3.05) is 11.9 Å². The van der Waals surface area contributed by atoms with Gasteiger partial charge in [0.15, 0.2) is 0 Å². The Morgan fingerprint density at radius 3 is 2.86 bits per heavy atom. The molecular weight excluding hydrogens is 342 g/mol. The summed E-state index contributed by atoms with van der Waals surface area (Å²) in [6, 6.07) is 0. The number of anilines is 1. The molecule has 1 aliphatic rings. The fraction of sp³-hybridized carbons (Fsp3) is 0.538. The lowest BCUT2D eigenvalue weighted by Crippen LogP contribution is -2.31. The summed E-state index contributed by atoms with van der Waals surface area (Å²) in [6.07, 6.45) is 6.07. The highest BCUT2D eigenvalue weighted by atomic mass is 79.9. The van der Waals surface area contributed by atoms with Crippen LogP contribution in [0.15, 0.2) is 16.9 Å². The van der Waals surface area contributed by atoms with Gasteiger partial charge in [0.2, 0.25) is 0 Å². The Hall–Kier alpha value is -1.70. The summed E-state index contributed by atoms with van der Waals surface area (Å²) in [5.74, 6) is -1.19. The largest absolute Gasteiger partial charge is 0.481 e. The monoisotopic (exact) mass is 357 g/mol. The lowest BCUT2D eigenvalue weighted by Gasteiger charge is -2.28. The zero-order valence-electron chi connectivity index (χ0n) is 11.3. The average Bonchev–Trinajstić information content (AvgIpc) is 2.45. The van der Waals surface area contributed by atoms with E-state index in [-0.39, 0.29) is 17.5 Å². The fourth-order valence-corrected chi connectivity index (χ4v) is 3.21. The Morgan fingerprint density at radius 2 is 2.19 bits per heavy atom. The van der Waals surface area contributed by atoms with E-state index >= 15 is 0 Å². The molecular formula is C13H16BrN3O4. The normalized spacial score (nSPS) is 21.8. The van der Waals surface area contributed by atoms with Gasteiger partial charge in [0.1, 0.15) is 11.9 Å². The smallest absolute Gasteiger partial charge is 0.311 e. The summed E-state index contributed by atoms with van der Waals surface area (Å²) in [5.41, 5.74) is 0.233. The second kappa shape index (κ2) is 6.84. The van der Waals surface area contributed by atoms with Crippen LogP contribution in [0.3, 0.4) is 0 Å². The van der Waals surface area contributed by atoms with Crippen molar-refractivity contribution in [3.63, 3.8) is 0 Å². The van der Waals surface area contributed by atoms with E-state index in [1.165, 1.54) is 12.4 Å². The first kappa shape index (κ1) is 15.7. The lowest BCUT2D eigenvalue weighted by atomic mass is 9.79. The average molecular weight is 358 g/mol. The molecule has 1 aromatic rings. The lowest BCUT2D eigenvalue weighted by molar-refractivity contribution is -0.384. The van der Waals surface area contributed by atoms with Crippen molar-refractivity contribution < 1.29 is 14.8 Å². The van der Waals surface area contributed by atoms with E-state index in [4.69, 9.17) is 0 Å². The molecule has 1 aliphatic carbocycles. The highest BCUT2D eigenvalue weighted by molar-refractivity contribution is 9.10. The zero-order valence-corrected chi connectivity index (χ0v) is 12.9. The Kier molecular flexibility index (Phi) is 5.11. The number of carbonyl (C=O) groups is 1. The first-order valence-corrected chi connectivity index (χ1v) is 7.54. The molecule has 8 heteroatoms. The van der Waals surface area contributed by atoms with Crippen molar-refractivity contribution in [2.45, 2.75) is 25.7 Å². The first-order valence-electron chi connectivity index (χ1n) is 6.75. The molecule has 7 nitrogen and oxygen atoms in total. The predicted molar refractivity (Wildman–Crippen MR) is 80.2 cm³/mol. The number of carboxylic acid groups (broad SMARTS) is 1. The molecule has 0 spiro atoms. The number of halogens is 1. The molecule has 1 heterocycles. The van der Waals surface area contributed by atoms with Crippen molar-refractivity contribution in [1.29, 1.82) is 0 Å². The maximum atomic E-state index is 11.3. The predicted octanol–water partition coefficient (Wildman–Crippen LogP) is 3.06. The van der Waals surface area contributed by atoms with Gasteiger partial charge in [0.05, 0.1) is 15.3 Å². The Bertz CT molecular complexity index is 552. The number of rotatable bonds is 5. The Morgan fingerprint density at radius 1 is 1.48 bits per heavy atom. The van der Waals surface area contributed by atoms with Crippen LogP contribution in [0.2, 0.25) is 0 Å². The van der Waals surface area contributed by atoms with Crippen LogP contribution in [0.4, 0.5) is 11.4 Å². The molecule has 2 atom stereocenters. The standard InChI is InChI=1S/C13H16BrN3O4/c14-10-6-15-7-11(17(20)21)12(10)16-5-8-3-1-2-4-9(8)13(18)19/h6-9H,1-5H2,(H,15,16)(H,18,19). The molecule has 21 heavy (non-hydrogen) atoms. The molecule has 1 fully saturated rings. The number of nitrogens with zero attached hydrogens (tertiary/aromatic N) is 2. The number of hydrogen-bond donors (Lipinski definition) is 2. The van der Waals surface area contributed by atoms with Gasteiger partial charge in [-0.25, -0.2) is 0 Å². The van der Waals surface area contributed by atoms with Gasteiger partial charge in [0.25, 0.3) is 0 Å². The molecule has 0 aromatic carbocycles. The molecule has 0 saturated heterocycles. The molecule has 0 bridgehead atoms. The van der Waals surface area contributed by atoms with Crippen LogP contribution < -0.4 is 5.32 Å². The van der Waals surface area contributed by atoms with Gasteiger partial charge in [-0.15, -0.1) is 0 Å². The number of pyridine rings is 1. The maximum Gasteiger partial charge on any atom is 0.311 e. The topological polar surface area (TPSA) is 105 Å². The highest BCUT2D eigenvalue weighted by Crippen LogP contribution is 2.34. The van der Waals surface area contributed by atoms with Crippen LogP contribution in [0, 0.1) is 22.0 Å². The quantitative estimate of drug-likeness (QED) is 0.619. The van der Waals surface area contributed by atoms with Crippen LogP contribution in [0.25, 0.3) is 0 Å². The maximum absolute atomic E-state index is 11.3. The summed E-state index contributed by atoms with van der Waals surface area (Å²) in [6.45, 7) is 0.403. The van der Waals surface area contributed by atoms with E-state index in [0.29, 0.717) is 23.1 Å². The van der Waals surface area contributed by atoms with Gasteiger partial charge in [-0.2, -0.15) is 0 Å². The number of aliphatic carboxylic acids is 1. The van der Waals surface area contributed by atoms with E-state index in [2.05, 4.69) is 26.2 Å². The van der Waals surface area contributed by atoms with Gasteiger partial charge in [-0.3, -0.25) is 19.9 Å². The molecule has 2 rings (SSSR count). The van der Waals surface area contributed by atoms with Crippen molar-refractivity contribution in [3.8, 4) is 0 Å². The van der Waals surface area contributed by atoms with Gasteiger partial charge < -0.3 is 10.4 Å². The molecule has 2 N–H and O–H groups in total. The van der Waals surface area contributed by atoms with E-state index < -0.39 is 10.9 Å². The third kappa shape index (κ3) is 3.69. The number of aromatic nitrogens is 1. The van der Waals surface area contributed by atoms with Gasteiger partial charge in [0, 0.05) is 12.7 Å². The second-order valence-electron chi connectivity index (χ2n) is 5.14. The SMILES string of the molecule is O=C(O)C1CCCCC1CNc1c(Br)cncc1[N+](=O)[O-]. The molecule has 2 unspecified atom stereocenters. The highest BCUT2D eigenvalue weighted by Gasteiger charge is 2.31. The number of carboxylic acids is 1. The zero-order chi connectivity index (χ0) is 15.4. The van der Waals surface area contributed by atoms with E-state index in [9.17, 15) is 20.0 Å². The number of hydrogen-bond acceptors (Lipinski definition) is 5. The van der Waals surface area contributed by atoms with Crippen molar-refractivity contribution in [2.24, 2.45) is 11.8 Å². The fourth-order valence-electron chi connectivity index (χ4n) is 2.75. The molecule has 0 amide bonds. The summed E-state index contributed by atoms with van der Waals surface area (Å²) >= 11 is 3.24. The third-order valence-electron chi connectivity index (χ3n) is 3.84. The van der Waals surface area contributed by atoms with E-state index in [0.717, 1.165) is 19.3 Å². The molecule has 1 saturated carbocycles. The molecule has 0 radical (unpaired) electrons. The van der Waals surface area contributed by atoms with Crippen LogP contribution in [-0.4, -0.2) is 27.5 Å². The van der Waals surface area contributed by atoms with Gasteiger partial charge in [-0.1, -0.05) is 12.8 Å². The Balaban J connectivity index is 2.12. The summed E-state index contributed by atoms with van der Waals surface area (Å²) in [5, 5.41) is 23.3. The summed E-state index contributed by atoms with van der Waals surface area (Å²) < 4.78 is 0.499. The third-order valence-corrected chi connectivity index (χ3v) is 4.44. The van der Waals surface area contributed by atoms with Gasteiger partial charge >= 0.3 is 11.7 Å². The summed E-state index contributed by atoms with van der Waals surface area (Å²) in [4.78, 5) is 25.5. The minimum absolute atomic E-state index is 0.0177. The van der Waals surface area contributed by atoms with E-state index in [1.54, 1.807) is 0 Å². The minimum atomic E-state index is -0.787. The summed E-state index contributed by atoms with van der Waals surface area (Å²) in [7, 11) is 0. The molecule has 114 valence electrons. The second-order valence-corrected chi connectivity index (χ2v) is 6.00. The van der Waals surface area contributed by atoms with Crippen LogP contribution in [-0.2, 0) is 4.79 Å². The first-order chi connectivity index (χ1) is 10.0. The van der Waals surface area contributed by atoms with Crippen LogP contribution >= 0.6 is 15.9 Å². The number of nitro groups is 1. The van der Waals surface area contributed by atoms with Crippen LogP contribution in [0.1, 0.15) is 25.7 Å². The van der Waals surface area contributed by atoms with Gasteiger partial charge in [-0.05, 0) is 34.7 Å².